The van der Waals surface area contributed by atoms with Crippen molar-refractivity contribution in [1.82, 2.24) is 10.3 Å². The van der Waals surface area contributed by atoms with Crippen LogP contribution in [0.1, 0.15) is 42.2 Å². The molecule has 2 fully saturated rings. The summed E-state index contributed by atoms with van der Waals surface area (Å²) in [6.07, 6.45) is 4.64. The van der Waals surface area contributed by atoms with Crippen molar-refractivity contribution < 1.29 is 18.3 Å². The van der Waals surface area contributed by atoms with Gasteiger partial charge in [-0.25, -0.2) is 4.98 Å². The van der Waals surface area contributed by atoms with Crippen LogP contribution in [0.3, 0.4) is 0 Å². The monoisotopic (exact) mass is 457 g/mol. The molecular weight excluding hydrogens is 428 g/mol. The summed E-state index contributed by atoms with van der Waals surface area (Å²) in [6.45, 7) is 1.26. The number of nitrogens with zero attached hydrogens (tertiary/aromatic N) is 3. The van der Waals surface area contributed by atoms with Crippen molar-refractivity contribution in [2.45, 2.75) is 32.8 Å². The molecule has 1 saturated heterocycles. The number of nitrogens with two attached hydrogens (primary N) is 1. The fourth-order valence-corrected chi connectivity index (χ4v) is 3.97. The maximum absolute atomic E-state index is 13.0. The second kappa shape index (κ2) is 11.1. The first kappa shape index (κ1) is 24.4. The van der Waals surface area contributed by atoms with E-state index in [4.69, 9.17) is 0 Å². The molecule has 1 atom stereocenters. The summed E-state index contributed by atoms with van der Waals surface area (Å²) in [4.78, 5) is 19.4. The van der Waals surface area contributed by atoms with E-state index in [1.165, 1.54) is 25.4 Å². The Morgan fingerprint density at radius 2 is 2.12 bits per heavy atom. The Balaban J connectivity index is 0.00000149. The quantitative estimate of drug-likeness (QED) is 0.656. The molecule has 4 rings (SSSR count). The molecule has 0 spiro atoms. The highest BCUT2D eigenvalue weighted by atomic mass is 19.3. The zero-order valence-electron chi connectivity index (χ0n) is 18.9. The van der Waals surface area contributed by atoms with Crippen LogP contribution in [-0.4, -0.2) is 44.2 Å². The minimum atomic E-state index is -2.96. The Hall–Kier alpha value is -3.25. The number of benzene rings is 1. The maximum atomic E-state index is 13.0. The molecule has 7 nitrogen and oxygen atoms in total. The van der Waals surface area contributed by atoms with Crippen LogP contribution in [0.2, 0.25) is 0 Å². The predicted molar refractivity (Wildman–Crippen MR) is 122 cm³/mol. The molecule has 0 radical (unpaired) electrons. The van der Waals surface area contributed by atoms with E-state index in [0.29, 0.717) is 40.8 Å². The van der Waals surface area contributed by atoms with E-state index < -0.39 is 6.61 Å². The van der Waals surface area contributed by atoms with Gasteiger partial charge in [-0.2, -0.15) is 14.0 Å². The SMILES string of the molecule is CC1CCN(c2c(C(=O)NCC3CC3)cnc(C#N)c2-c2cccc(OC(F)F)c2)C1.CN. The van der Waals surface area contributed by atoms with Crippen LogP contribution in [0.25, 0.3) is 11.1 Å². The Kier molecular flexibility index (Phi) is 8.17. The Bertz CT molecular complexity index is 1020. The predicted octanol–water partition coefficient (Wildman–Crippen LogP) is 3.78. The number of rotatable bonds is 7. The van der Waals surface area contributed by atoms with Crippen LogP contribution in [0.4, 0.5) is 14.5 Å². The highest BCUT2D eigenvalue weighted by Gasteiger charge is 2.30. The Morgan fingerprint density at radius 1 is 1.36 bits per heavy atom. The summed E-state index contributed by atoms with van der Waals surface area (Å²) in [7, 11) is 1.50. The van der Waals surface area contributed by atoms with Crippen molar-refractivity contribution in [2.24, 2.45) is 17.6 Å². The average Bonchev–Trinajstić information content (AvgIpc) is 3.55. The minimum absolute atomic E-state index is 0.0132. The van der Waals surface area contributed by atoms with Crippen LogP contribution < -0.4 is 20.7 Å². The van der Waals surface area contributed by atoms with Crippen LogP contribution in [0, 0.1) is 23.2 Å². The fourth-order valence-electron chi connectivity index (χ4n) is 3.97. The lowest BCUT2D eigenvalue weighted by Crippen LogP contribution is -2.30. The highest BCUT2D eigenvalue weighted by Crippen LogP contribution is 2.39. The summed E-state index contributed by atoms with van der Waals surface area (Å²) in [6, 6.07) is 8.29. The second-order valence-electron chi connectivity index (χ2n) is 8.26. The molecule has 1 amide bonds. The molecule has 1 saturated carbocycles. The first-order valence-electron chi connectivity index (χ1n) is 11.1. The molecular formula is C24H29F2N5O2. The molecule has 0 bridgehead atoms. The minimum Gasteiger partial charge on any atom is -0.435 e. The van der Waals surface area contributed by atoms with E-state index in [2.05, 4.69) is 38.7 Å². The molecule has 2 heterocycles. The van der Waals surface area contributed by atoms with Crippen LogP contribution in [-0.2, 0) is 0 Å². The van der Waals surface area contributed by atoms with Gasteiger partial charge in [0.1, 0.15) is 17.5 Å². The highest BCUT2D eigenvalue weighted by molar-refractivity contribution is 6.04. The summed E-state index contributed by atoms with van der Waals surface area (Å²) in [5.74, 6) is 0.705. The maximum Gasteiger partial charge on any atom is 0.387 e. The lowest BCUT2D eigenvalue weighted by Gasteiger charge is -2.25. The molecule has 1 aliphatic heterocycles. The molecule has 33 heavy (non-hydrogen) atoms. The Labute approximate surface area is 192 Å². The van der Waals surface area contributed by atoms with Gasteiger partial charge in [-0.15, -0.1) is 0 Å². The van der Waals surface area contributed by atoms with Crippen molar-refractivity contribution in [3.05, 3.63) is 41.7 Å². The van der Waals surface area contributed by atoms with Crippen molar-refractivity contribution >= 4 is 11.6 Å². The van der Waals surface area contributed by atoms with E-state index in [0.717, 1.165) is 32.4 Å². The molecule has 1 unspecified atom stereocenters. The van der Waals surface area contributed by atoms with Gasteiger partial charge in [-0.3, -0.25) is 4.79 Å². The molecule has 1 aliphatic carbocycles. The van der Waals surface area contributed by atoms with Crippen molar-refractivity contribution in [2.75, 3.05) is 31.6 Å². The molecule has 1 aromatic heterocycles. The van der Waals surface area contributed by atoms with E-state index in [1.807, 2.05) is 0 Å². The lowest BCUT2D eigenvalue weighted by molar-refractivity contribution is -0.0498. The van der Waals surface area contributed by atoms with E-state index in [1.54, 1.807) is 12.1 Å². The Morgan fingerprint density at radius 3 is 2.73 bits per heavy atom. The van der Waals surface area contributed by atoms with Gasteiger partial charge in [0.2, 0.25) is 0 Å². The van der Waals surface area contributed by atoms with Crippen LogP contribution >= 0.6 is 0 Å². The van der Waals surface area contributed by atoms with E-state index >= 15 is 0 Å². The van der Waals surface area contributed by atoms with E-state index in [9.17, 15) is 18.8 Å². The molecule has 2 aromatic rings. The number of anilines is 1. The first-order chi connectivity index (χ1) is 16.0. The van der Waals surface area contributed by atoms with Gasteiger partial charge in [0.25, 0.3) is 5.91 Å². The fraction of sp³-hybridized carbons (Fsp3) is 0.458. The molecule has 1 aromatic carbocycles. The van der Waals surface area contributed by atoms with Crippen molar-refractivity contribution in [3.8, 4) is 22.9 Å². The van der Waals surface area contributed by atoms with Gasteiger partial charge in [-0.05, 0) is 55.8 Å². The number of ether oxygens (including phenoxy) is 1. The van der Waals surface area contributed by atoms with Gasteiger partial charge in [0.05, 0.1) is 11.3 Å². The first-order valence-corrected chi connectivity index (χ1v) is 11.1. The third-order valence-corrected chi connectivity index (χ3v) is 5.74. The summed E-state index contributed by atoms with van der Waals surface area (Å²) in [5.41, 5.74) is 6.63. The second-order valence-corrected chi connectivity index (χ2v) is 8.26. The number of carbonyl (C=O) groups excluding carboxylic acids is 1. The zero-order valence-corrected chi connectivity index (χ0v) is 18.9. The molecule has 9 heteroatoms. The van der Waals surface area contributed by atoms with Crippen LogP contribution in [0.15, 0.2) is 30.5 Å². The number of halogens is 2. The van der Waals surface area contributed by atoms with Crippen molar-refractivity contribution in [1.29, 1.82) is 5.26 Å². The summed E-state index contributed by atoms with van der Waals surface area (Å²) in [5, 5.41) is 12.7. The van der Waals surface area contributed by atoms with Gasteiger partial charge >= 0.3 is 6.61 Å². The topological polar surface area (TPSA) is 104 Å². The molecule has 2 aliphatic rings. The average molecular weight is 458 g/mol. The standard InChI is InChI=1S/C23H24F2N4O2.CH5N/c1-14-7-8-29(13-14)21-18(22(30)28-11-15-5-6-15)12-27-19(10-26)20(21)16-3-2-4-17(9-16)31-23(24)25;1-2/h2-4,9,12,14-15,23H,5-8,11,13H2,1H3,(H,28,30);2H2,1H3. The molecule has 3 N–H and O–H groups in total. The van der Waals surface area contributed by atoms with Crippen LogP contribution in [0.5, 0.6) is 5.75 Å². The normalized spacial score (nSPS) is 17.2. The number of aromatic nitrogens is 1. The number of pyridine rings is 1. The summed E-state index contributed by atoms with van der Waals surface area (Å²) < 4.78 is 30.0. The number of hydrogen-bond donors (Lipinski definition) is 2. The number of amides is 1. The van der Waals surface area contributed by atoms with Gasteiger partial charge in [-0.1, -0.05) is 19.1 Å². The number of nitriles is 1. The van der Waals surface area contributed by atoms with Gasteiger partial charge < -0.3 is 20.7 Å². The summed E-state index contributed by atoms with van der Waals surface area (Å²) >= 11 is 0. The number of hydrogen-bond acceptors (Lipinski definition) is 6. The third-order valence-electron chi connectivity index (χ3n) is 5.74. The largest absolute Gasteiger partial charge is 0.435 e. The smallest absolute Gasteiger partial charge is 0.387 e. The number of alkyl halides is 2. The lowest BCUT2D eigenvalue weighted by atomic mass is 9.97. The third kappa shape index (κ3) is 5.96. The van der Waals surface area contributed by atoms with Gasteiger partial charge in [0.15, 0.2) is 0 Å². The zero-order chi connectivity index (χ0) is 24.0. The number of carbonyl (C=O) groups is 1. The van der Waals surface area contributed by atoms with Crippen molar-refractivity contribution in [3.63, 3.8) is 0 Å². The molecule has 176 valence electrons. The number of nitrogens with one attached hydrogen (secondary N) is 1. The van der Waals surface area contributed by atoms with E-state index in [-0.39, 0.29) is 17.4 Å². The van der Waals surface area contributed by atoms with Gasteiger partial charge in [0, 0.05) is 31.4 Å².